The number of ether oxygens (including phenoxy) is 2. The van der Waals surface area contributed by atoms with Gasteiger partial charge in [-0.05, 0) is 44.0 Å². The number of rotatable bonds is 4. The molecular formula is C20H20N2O3. The summed E-state index contributed by atoms with van der Waals surface area (Å²) in [6.07, 6.45) is 0.171. The molecule has 0 spiro atoms. The third kappa shape index (κ3) is 3.16. The van der Waals surface area contributed by atoms with Crippen LogP contribution in [0.2, 0.25) is 0 Å². The molecule has 0 saturated heterocycles. The van der Waals surface area contributed by atoms with Crippen LogP contribution in [0.5, 0.6) is 11.5 Å². The van der Waals surface area contributed by atoms with Gasteiger partial charge in [0.25, 0.3) is 5.91 Å². The lowest BCUT2D eigenvalue weighted by molar-refractivity contribution is -0.124. The number of nitriles is 1. The summed E-state index contributed by atoms with van der Waals surface area (Å²) in [5.41, 5.74) is 2.60. The van der Waals surface area contributed by atoms with Crippen LogP contribution in [0, 0.1) is 11.3 Å². The summed E-state index contributed by atoms with van der Waals surface area (Å²) in [6.45, 7) is 3.76. The van der Waals surface area contributed by atoms with Gasteiger partial charge in [-0.1, -0.05) is 18.2 Å². The Hall–Kier alpha value is -3.00. The molecule has 1 aliphatic rings. The number of anilines is 1. The molecule has 3 rings (SSSR count). The van der Waals surface area contributed by atoms with Crippen LogP contribution in [0.25, 0.3) is 0 Å². The summed E-state index contributed by atoms with van der Waals surface area (Å²) < 4.78 is 11.1. The van der Waals surface area contributed by atoms with E-state index in [1.54, 1.807) is 30.0 Å². The number of para-hydroxylation sites is 1. The molecule has 0 fully saturated rings. The lowest BCUT2D eigenvalue weighted by atomic mass is 10.1. The van der Waals surface area contributed by atoms with Gasteiger partial charge in [-0.3, -0.25) is 4.79 Å². The molecule has 128 valence electrons. The van der Waals surface area contributed by atoms with Crippen molar-refractivity contribution in [3.05, 3.63) is 53.6 Å². The zero-order chi connectivity index (χ0) is 18.0. The SMILES string of the molecule is COc1cc(C#N)ccc1OC(C)C(=O)N1c2ccccc2CC1C. The van der Waals surface area contributed by atoms with Crippen molar-refractivity contribution in [3.63, 3.8) is 0 Å². The first kappa shape index (κ1) is 16.8. The summed E-state index contributed by atoms with van der Waals surface area (Å²) >= 11 is 0. The Morgan fingerprint density at radius 2 is 2.04 bits per heavy atom. The fraction of sp³-hybridized carbons (Fsp3) is 0.300. The van der Waals surface area contributed by atoms with E-state index < -0.39 is 6.10 Å². The fourth-order valence-corrected chi connectivity index (χ4v) is 3.17. The standard InChI is InChI=1S/C20H20N2O3/c1-13-10-16-6-4-5-7-17(16)22(13)20(23)14(2)25-18-9-8-15(12-21)11-19(18)24-3/h4-9,11,13-14H,10H2,1-3H3. The first-order valence-corrected chi connectivity index (χ1v) is 8.21. The van der Waals surface area contributed by atoms with Gasteiger partial charge in [0, 0.05) is 17.8 Å². The van der Waals surface area contributed by atoms with Crippen LogP contribution in [-0.2, 0) is 11.2 Å². The lowest BCUT2D eigenvalue weighted by Crippen LogP contribution is -2.43. The van der Waals surface area contributed by atoms with Crippen LogP contribution in [0.4, 0.5) is 5.69 Å². The van der Waals surface area contributed by atoms with Gasteiger partial charge in [0.2, 0.25) is 0 Å². The van der Waals surface area contributed by atoms with Crippen molar-refractivity contribution in [2.75, 3.05) is 12.0 Å². The average Bonchev–Trinajstić information content (AvgIpc) is 2.96. The molecule has 2 aromatic rings. The maximum atomic E-state index is 13.0. The topological polar surface area (TPSA) is 62.6 Å². The predicted molar refractivity (Wildman–Crippen MR) is 94.9 cm³/mol. The molecule has 0 saturated carbocycles. The number of carbonyl (C=O) groups is 1. The minimum absolute atomic E-state index is 0.0936. The zero-order valence-electron chi connectivity index (χ0n) is 14.5. The number of methoxy groups -OCH3 is 1. The van der Waals surface area contributed by atoms with Crippen molar-refractivity contribution in [1.29, 1.82) is 5.26 Å². The molecule has 5 heteroatoms. The van der Waals surface area contributed by atoms with E-state index in [1.165, 1.54) is 12.7 Å². The quantitative estimate of drug-likeness (QED) is 0.859. The second-order valence-electron chi connectivity index (χ2n) is 6.13. The van der Waals surface area contributed by atoms with E-state index in [4.69, 9.17) is 14.7 Å². The van der Waals surface area contributed by atoms with Gasteiger partial charge in [0.15, 0.2) is 17.6 Å². The molecule has 5 nitrogen and oxygen atoms in total. The molecule has 0 aromatic heterocycles. The molecule has 2 atom stereocenters. The van der Waals surface area contributed by atoms with Gasteiger partial charge in [-0.25, -0.2) is 0 Å². The number of nitrogens with zero attached hydrogens (tertiary/aromatic N) is 2. The predicted octanol–water partition coefficient (Wildman–Crippen LogP) is 3.31. The molecule has 25 heavy (non-hydrogen) atoms. The maximum Gasteiger partial charge on any atom is 0.268 e. The summed E-state index contributed by atoms with van der Waals surface area (Å²) in [5, 5.41) is 8.98. The first-order valence-electron chi connectivity index (χ1n) is 8.21. The highest BCUT2D eigenvalue weighted by atomic mass is 16.5. The van der Waals surface area contributed by atoms with E-state index in [0.29, 0.717) is 17.1 Å². The Labute approximate surface area is 147 Å². The highest BCUT2D eigenvalue weighted by Gasteiger charge is 2.34. The normalized spacial score (nSPS) is 16.7. The largest absolute Gasteiger partial charge is 0.493 e. The molecule has 0 bridgehead atoms. The number of carbonyl (C=O) groups excluding carboxylic acids is 1. The highest BCUT2D eigenvalue weighted by Crippen LogP contribution is 2.34. The van der Waals surface area contributed by atoms with Gasteiger partial charge in [-0.2, -0.15) is 5.26 Å². The Kier molecular flexibility index (Phi) is 4.62. The minimum atomic E-state index is -0.671. The van der Waals surface area contributed by atoms with Crippen molar-refractivity contribution in [2.24, 2.45) is 0 Å². The zero-order valence-corrected chi connectivity index (χ0v) is 14.5. The third-order valence-electron chi connectivity index (χ3n) is 4.39. The van der Waals surface area contributed by atoms with Crippen molar-refractivity contribution < 1.29 is 14.3 Å². The molecule has 1 aliphatic heterocycles. The maximum absolute atomic E-state index is 13.0. The Morgan fingerprint density at radius 3 is 2.76 bits per heavy atom. The number of benzene rings is 2. The number of fused-ring (bicyclic) bond motifs is 1. The van der Waals surface area contributed by atoms with Gasteiger partial charge in [0.1, 0.15) is 0 Å². The van der Waals surface area contributed by atoms with Crippen molar-refractivity contribution >= 4 is 11.6 Å². The fourth-order valence-electron chi connectivity index (χ4n) is 3.17. The van der Waals surface area contributed by atoms with Crippen molar-refractivity contribution in [1.82, 2.24) is 0 Å². The Morgan fingerprint density at radius 1 is 1.28 bits per heavy atom. The molecule has 0 aliphatic carbocycles. The first-order chi connectivity index (χ1) is 12.0. The summed E-state index contributed by atoms with van der Waals surface area (Å²) in [7, 11) is 1.51. The second kappa shape index (κ2) is 6.86. The van der Waals surface area contributed by atoms with Crippen molar-refractivity contribution in [3.8, 4) is 17.6 Å². The van der Waals surface area contributed by atoms with E-state index in [0.717, 1.165) is 12.1 Å². The number of amides is 1. The number of hydrogen-bond donors (Lipinski definition) is 0. The van der Waals surface area contributed by atoms with Crippen LogP contribution >= 0.6 is 0 Å². The smallest absolute Gasteiger partial charge is 0.268 e. The van der Waals surface area contributed by atoms with Crippen molar-refractivity contribution in [2.45, 2.75) is 32.4 Å². The average molecular weight is 336 g/mol. The van der Waals surface area contributed by atoms with E-state index in [-0.39, 0.29) is 11.9 Å². The monoisotopic (exact) mass is 336 g/mol. The van der Waals surface area contributed by atoms with Crippen LogP contribution in [-0.4, -0.2) is 25.2 Å². The summed E-state index contributed by atoms with van der Waals surface area (Å²) in [6, 6.07) is 15.0. The van der Waals surface area contributed by atoms with Gasteiger partial charge >= 0.3 is 0 Å². The van der Waals surface area contributed by atoms with Crippen LogP contribution in [0.15, 0.2) is 42.5 Å². The molecule has 1 heterocycles. The molecule has 0 radical (unpaired) electrons. The molecule has 0 N–H and O–H groups in total. The molecular weight excluding hydrogens is 316 g/mol. The second-order valence-corrected chi connectivity index (χ2v) is 6.13. The minimum Gasteiger partial charge on any atom is -0.493 e. The Balaban J connectivity index is 1.81. The van der Waals surface area contributed by atoms with Gasteiger partial charge < -0.3 is 14.4 Å². The Bertz CT molecular complexity index is 841. The van der Waals surface area contributed by atoms with Gasteiger partial charge in [0.05, 0.1) is 18.7 Å². The molecule has 2 aromatic carbocycles. The third-order valence-corrected chi connectivity index (χ3v) is 4.39. The van der Waals surface area contributed by atoms with Gasteiger partial charge in [-0.15, -0.1) is 0 Å². The van der Waals surface area contributed by atoms with Crippen LogP contribution in [0.1, 0.15) is 25.0 Å². The highest BCUT2D eigenvalue weighted by molar-refractivity contribution is 5.99. The van der Waals surface area contributed by atoms with Crippen LogP contribution < -0.4 is 14.4 Å². The van der Waals surface area contributed by atoms with E-state index in [2.05, 4.69) is 6.07 Å². The van der Waals surface area contributed by atoms with E-state index >= 15 is 0 Å². The summed E-state index contributed by atoms with van der Waals surface area (Å²) in [4.78, 5) is 14.8. The van der Waals surface area contributed by atoms with E-state index in [1.807, 2.05) is 31.2 Å². The lowest BCUT2D eigenvalue weighted by Gasteiger charge is -2.26. The molecule has 2 unspecified atom stereocenters. The van der Waals surface area contributed by atoms with Crippen LogP contribution in [0.3, 0.4) is 0 Å². The number of hydrogen-bond acceptors (Lipinski definition) is 4. The summed E-state index contributed by atoms with van der Waals surface area (Å²) in [5.74, 6) is 0.792. The molecule has 1 amide bonds. The van der Waals surface area contributed by atoms with E-state index in [9.17, 15) is 4.79 Å².